The number of nitro benzene ring substituents is 1. The molecule has 0 heterocycles. The Balaban J connectivity index is 3.03. The van der Waals surface area contributed by atoms with Crippen molar-refractivity contribution in [3.05, 3.63) is 33.9 Å². The molecule has 0 bridgehead atoms. The van der Waals surface area contributed by atoms with E-state index in [4.69, 9.17) is 11.6 Å². The largest absolute Gasteiger partial charge is 0.369 e. The molecule has 0 aromatic heterocycles. The molecule has 94 valence electrons. The van der Waals surface area contributed by atoms with Crippen molar-refractivity contribution in [3.63, 3.8) is 0 Å². The normalized spacial score (nSPS) is 10.6. The molecule has 0 spiro atoms. The number of nitro groups is 1. The van der Waals surface area contributed by atoms with Gasteiger partial charge in [0.05, 0.1) is 11.5 Å². The SMILES string of the molecule is CN(CC(F)F)c1ccc([N+](=O)[O-])cc1CCl. The third kappa shape index (κ3) is 3.52. The first-order chi connectivity index (χ1) is 7.95. The Morgan fingerprint density at radius 3 is 2.65 bits per heavy atom. The van der Waals surface area contributed by atoms with Crippen LogP contribution in [0.1, 0.15) is 5.56 Å². The third-order valence-electron chi connectivity index (χ3n) is 2.24. The number of halogens is 3. The van der Waals surface area contributed by atoms with Crippen LogP contribution in [0.5, 0.6) is 0 Å². The van der Waals surface area contributed by atoms with Gasteiger partial charge in [0.15, 0.2) is 0 Å². The van der Waals surface area contributed by atoms with Gasteiger partial charge in [-0.05, 0) is 11.6 Å². The number of anilines is 1. The maximum atomic E-state index is 12.2. The van der Waals surface area contributed by atoms with Gasteiger partial charge in [-0.2, -0.15) is 0 Å². The fourth-order valence-corrected chi connectivity index (χ4v) is 1.68. The smallest absolute Gasteiger partial charge is 0.269 e. The van der Waals surface area contributed by atoms with E-state index in [2.05, 4.69) is 0 Å². The summed E-state index contributed by atoms with van der Waals surface area (Å²) >= 11 is 5.65. The first kappa shape index (κ1) is 13.6. The Labute approximate surface area is 102 Å². The number of alkyl halides is 3. The van der Waals surface area contributed by atoms with Gasteiger partial charge in [-0.15, -0.1) is 11.6 Å². The first-order valence-electron chi connectivity index (χ1n) is 4.78. The molecule has 0 saturated carbocycles. The average Bonchev–Trinajstić information content (AvgIpc) is 2.27. The van der Waals surface area contributed by atoms with Crippen LogP contribution < -0.4 is 4.90 Å². The molecule has 0 aliphatic carbocycles. The molecule has 0 fully saturated rings. The molecule has 0 aliphatic rings. The molecule has 0 amide bonds. The molecule has 1 aromatic carbocycles. The van der Waals surface area contributed by atoms with Gasteiger partial charge in [-0.1, -0.05) is 0 Å². The Morgan fingerprint density at radius 2 is 2.18 bits per heavy atom. The van der Waals surface area contributed by atoms with Crippen molar-refractivity contribution >= 4 is 23.0 Å². The van der Waals surface area contributed by atoms with Crippen molar-refractivity contribution in [2.45, 2.75) is 12.3 Å². The highest BCUT2D eigenvalue weighted by atomic mass is 35.5. The van der Waals surface area contributed by atoms with Gasteiger partial charge in [-0.3, -0.25) is 10.1 Å². The summed E-state index contributed by atoms with van der Waals surface area (Å²) < 4.78 is 24.5. The van der Waals surface area contributed by atoms with Crippen LogP contribution in [0.2, 0.25) is 0 Å². The number of hydrogen-bond donors (Lipinski definition) is 0. The van der Waals surface area contributed by atoms with Crippen molar-refractivity contribution in [1.29, 1.82) is 0 Å². The standard InChI is InChI=1S/C10H11ClF2N2O2/c1-14(6-10(12)13)9-3-2-8(15(16)17)4-7(9)5-11/h2-4,10H,5-6H2,1H3. The molecule has 4 nitrogen and oxygen atoms in total. The minimum atomic E-state index is -2.47. The lowest BCUT2D eigenvalue weighted by molar-refractivity contribution is -0.384. The maximum Gasteiger partial charge on any atom is 0.269 e. The first-order valence-corrected chi connectivity index (χ1v) is 5.31. The molecule has 0 atom stereocenters. The quantitative estimate of drug-likeness (QED) is 0.466. The summed E-state index contributed by atoms with van der Waals surface area (Å²) in [5, 5.41) is 10.6. The second-order valence-electron chi connectivity index (χ2n) is 3.48. The zero-order valence-corrected chi connectivity index (χ0v) is 9.82. The lowest BCUT2D eigenvalue weighted by Crippen LogP contribution is -2.24. The van der Waals surface area contributed by atoms with Crippen molar-refractivity contribution in [2.75, 3.05) is 18.5 Å². The number of nitrogens with zero attached hydrogens (tertiary/aromatic N) is 2. The lowest BCUT2D eigenvalue weighted by atomic mass is 10.1. The third-order valence-corrected chi connectivity index (χ3v) is 2.53. The molecule has 0 unspecified atom stereocenters. The van der Waals surface area contributed by atoms with E-state index in [1.165, 1.54) is 30.1 Å². The van der Waals surface area contributed by atoms with Crippen LogP contribution in [0, 0.1) is 10.1 Å². The second-order valence-corrected chi connectivity index (χ2v) is 3.74. The predicted molar refractivity (Wildman–Crippen MR) is 61.9 cm³/mol. The molecule has 0 saturated heterocycles. The number of rotatable bonds is 5. The van der Waals surface area contributed by atoms with E-state index in [0.717, 1.165) is 0 Å². The minimum Gasteiger partial charge on any atom is -0.369 e. The Kier molecular flexibility index (Phi) is 4.62. The average molecular weight is 265 g/mol. The van der Waals surface area contributed by atoms with Gasteiger partial charge in [-0.25, -0.2) is 8.78 Å². The highest BCUT2D eigenvalue weighted by molar-refractivity contribution is 6.17. The molecular weight excluding hydrogens is 254 g/mol. The minimum absolute atomic E-state index is 0.0323. The van der Waals surface area contributed by atoms with Crippen molar-refractivity contribution in [3.8, 4) is 0 Å². The Hall–Kier alpha value is -1.43. The van der Waals surface area contributed by atoms with E-state index in [-0.39, 0.29) is 11.6 Å². The van der Waals surface area contributed by atoms with Crippen LogP contribution in [0.3, 0.4) is 0 Å². The van der Waals surface area contributed by atoms with Crippen molar-refractivity contribution in [2.24, 2.45) is 0 Å². The predicted octanol–water partition coefficient (Wildman–Crippen LogP) is 3.03. The van der Waals surface area contributed by atoms with Gasteiger partial charge in [0.2, 0.25) is 0 Å². The summed E-state index contributed by atoms with van der Waals surface area (Å²) in [6.07, 6.45) is -2.47. The zero-order valence-electron chi connectivity index (χ0n) is 9.07. The monoisotopic (exact) mass is 264 g/mol. The summed E-state index contributed by atoms with van der Waals surface area (Å²) in [5.41, 5.74) is 0.838. The van der Waals surface area contributed by atoms with E-state index >= 15 is 0 Å². The summed E-state index contributed by atoms with van der Waals surface area (Å²) in [6.45, 7) is -0.443. The highest BCUT2D eigenvalue weighted by Gasteiger charge is 2.15. The second kappa shape index (κ2) is 5.77. The van der Waals surface area contributed by atoms with Crippen LogP contribution in [0.15, 0.2) is 18.2 Å². The van der Waals surface area contributed by atoms with E-state index in [9.17, 15) is 18.9 Å². The van der Waals surface area contributed by atoms with Gasteiger partial charge >= 0.3 is 0 Å². The molecule has 17 heavy (non-hydrogen) atoms. The Bertz CT molecular complexity index is 415. The summed E-state index contributed by atoms with van der Waals surface area (Å²) in [5.74, 6) is 0.0323. The molecule has 0 N–H and O–H groups in total. The van der Waals surface area contributed by atoms with Crippen molar-refractivity contribution in [1.82, 2.24) is 0 Å². The lowest BCUT2D eigenvalue weighted by Gasteiger charge is -2.21. The van der Waals surface area contributed by atoms with E-state index in [0.29, 0.717) is 11.3 Å². The maximum absolute atomic E-state index is 12.2. The van der Waals surface area contributed by atoms with Gasteiger partial charge in [0.25, 0.3) is 12.1 Å². The summed E-state index contributed by atoms with van der Waals surface area (Å²) in [6, 6.07) is 4.00. The molecule has 1 aromatic rings. The fraction of sp³-hybridized carbons (Fsp3) is 0.400. The topological polar surface area (TPSA) is 46.4 Å². The van der Waals surface area contributed by atoms with E-state index in [1.807, 2.05) is 0 Å². The van der Waals surface area contributed by atoms with Gasteiger partial charge in [0.1, 0.15) is 0 Å². The molecule has 0 radical (unpaired) electrons. The van der Waals surface area contributed by atoms with Gasteiger partial charge in [0, 0.05) is 30.7 Å². The fourth-order valence-electron chi connectivity index (χ4n) is 1.47. The number of non-ortho nitro benzene ring substituents is 1. The van der Waals surface area contributed by atoms with Gasteiger partial charge < -0.3 is 4.90 Å². The van der Waals surface area contributed by atoms with Crippen LogP contribution >= 0.6 is 11.6 Å². The molecule has 1 rings (SSSR count). The van der Waals surface area contributed by atoms with Crippen LogP contribution in [0.25, 0.3) is 0 Å². The zero-order chi connectivity index (χ0) is 13.0. The molecule has 7 heteroatoms. The summed E-state index contributed by atoms with van der Waals surface area (Å²) in [4.78, 5) is 11.3. The van der Waals surface area contributed by atoms with Crippen molar-refractivity contribution < 1.29 is 13.7 Å². The number of hydrogen-bond acceptors (Lipinski definition) is 3. The van der Waals surface area contributed by atoms with Crippen LogP contribution in [-0.2, 0) is 5.88 Å². The van der Waals surface area contributed by atoms with Crippen LogP contribution in [-0.4, -0.2) is 24.9 Å². The number of benzene rings is 1. The molecular formula is C10H11ClF2N2O2. The van der Waals surface area contributed by atoms with E-state index < -0.39 is 17.9 Å². The summed E-state index contributed by atoms with van der Waals surface area (Å²) in [7, 11) is 1.49. The molecule has 0 aliphatic heterocycles. The Morgan fingerprint density at radius 1 is 1.53 bits per heavy atom. The highest BCUT2D eigenvalue weighted by Crippen LogP contribution is 2.26. The van der Waals surface area contributed by atoms with E-state index in [1.54, 1.807) is 0 Å². The van der Waals surface area contributed by atoms with Crippen LogP contribution in [0.4, 0.5) is 20.2 Å².